The molecule has 0 aliphatic carbocycles. The van der Waals surface area contributed by atoms with Crippen LogP contribution in [0.25, 0.3) is 0 Å². The zero-order valence-corrected chi connectivity index (χ0v) is 8.65. The molecular formula is C11H14FNO. The summed E-state index contributed by atoms with van der Waals surface area (Å²) in [5, 5.41) is 2.63. The average Bonchev–Trinajstić information content (AvgIpc) is 2.13. The fourth-order valence-electron chi connectivity index (χ4n) is 1.21. The molecule has 0 aromatic heterocycles. The van der Waals surface area contributed by atoms with E-state index >= 15 is 0 Å². The van der Waals surface area contributed by atoms with Gasteiger partial charge in [0.15, 0.2) is 0 Å². The number of benzene rings is 1. The molecule has 0 bridgehead atoms. The summed E-state index contributed by atoms with van der Waals surface area (Å²) in [6, 6.07) is 2.97. The van der Waals surface area contributed by atoms with Crippen molar-refractivity contribution in [3.05, 3.63) is 34.6 Å². The van der Waals surface area contributed by atoms with Crippen molar-refractivity contribution in [2.45, 2.75) is 20.8 Å². The molecule has 1 aromatic carbocycles. The van der Waals surface area contributed by atoms with Gasteiger partial charge in [0, 0.05) is 12.1 Å². The minimum atomic E-state index is -0.328. The van der Waals surface area contributed by atoms with E-state index in [0.29, 0.717) is 17.7 Å². The second kappa shape index (κ2) is 4.22. The highest BCUT2D eigenvalue weighted by Gasteiger charge is 2.09. The van der Waals surface area contributed by atoms with Crippen molar-refractivity contribution in [3.8, 4) is 0 Å². The molecule has 3 heteroatoms. The van der Waals surface area contributed by atoms with Gasteiger partial charge in [-0.3, -0.25) is 4.79 Å². The Kier molecular flexibility index (Phi) is 3.23. The van der Waals surface area contributed by atoms with Crippen molar-refractivity contribution in [1.82, 2.24) is 5.32 Å². The Morgan fingerprint density at radius 1 is 1.43 bits per heavy atom. The molecule has 0 spiro atoms. The van der Waals surface area contributed by atoms with Crippen molar-refractivity contribution >= 4 is 5.91 Å². The Labute approximate surface area is 83.1 Å². The normalized spacial score (nSPS) is 10.0. The molecule has 0 atom stereocenters. The molecular weight excluding hydrogens is 181 g/mol. The summed E-state index contributed by atoms with van der Waals surface area (Å²) in [5.41, 5.74) is 1.77. The van der Waals surface area contributed by atoms with Crippen molar-refractivity contribution < 1.29 is 9.18 Å². The van der Waals surface area contributed by atoms with E-state index in [9.17, 15) is 9.18 Å². The Morgan fingerprint density at radius 3 is 2.57 bits per heavy atom. The van der Waals surface area contributed by atoms with Crippen LogP contribution in [0.3, 0.4) is 0 Å². The van der Waals surface area contributed by atoms with Crippen LogP contribution in [0.4, 0.5) is 4.39 Å². The predicted octanol–water partition coefficient (Wildman–Crippen LogP) is 2.19. The van der Waals surface area contributed by atoms with Gasteiger partial charge in [0.25, 0.3) is 5.91 Å². The van der Waals surface area contributed by atoms with Crippen LogP contribution in [0.2, 0.25) is 0 Å². The number of aryl methyl sites for hydroxylation is 1. The predicted molar refractivity (Wildman–Crippen MR) is 53.9 cm³/mol. The standard InChI is InChI=1S/C11H14FNO/c1-4-13-11(14)9-5-7(2)8(3)10(12)6-9/h5-6H,4H2,1-3H3,(H,13,14). The third-order valence-corrected chi connectivity index (χ3v) is 2.20. The summed E-state index contributed by atoms with van der Waals surface area (Å²) >= 11 is 0. The summed E-state index contributed by atoms with van der Waals surface area (Å²) in [4.78, 5) is 11.4. The lowest BCUT2D eigenvalue weighted by Crippen LogP contribution is -2.23. The number of hydrogen-bond acceptors (Lipinski definition) is 1. The molecule has 0 heterocycles. The average molecular weight is 195 g/mol. The van der Waals surface area contributed by atoms with Crippen LogP contribution in [-0.4, -0.2) is 12.5 Å². The smallest absolute Gasteiger partial charge is 0.251 e. The number of halogens is 1. The highest BCUT2D eigenvalue weighted by Crippen LogP contribution is 2.14. The van der Waals surface area contributed by atoms with Crippen molar-refractivity contribution in [3.63, 3.8) is 0 Å². The van der Waals surface area contributed by atoms with E-state index in [1.54, 1.807) is 19.9 Å². The quantitative estimate of drug-likeness (QED) is 0.770. The molecule has 0 aliphatic heterocycles. The van der Waals surface area contributed by atoms with Gasteiger partial charge in [-0.2, -0.15) is 0 Å². The maximum Gasteiger partial charge on any atom is 0.251 e. The minimum absolute atomic E-state index is 0.227. The van der Waals surface area contributed by atoms with E-state index < -0.39 is 0 Å². The van der Waals surface area contributed by atoms with Gasteiger partial charge in [0.05, 0.1) is 0 Å². The first-order valence-electron chi connectivity index (χ1n) is 4.61. The molecule has 1 N–H and O–H groups in total. The summed E-state index contributed by atoms with van der Waals surface area (Å²) in [7, 11) is 0. The van der Waals surface area contributed by atoms with Crippen LogP contribution >= 0.6 is 0 Å². The Bertz CT molecular complexity index is 337. The molecule has 1 amide bonds. The van der Waals surface area contributed by atoms with Crippen molar-refractivity contribution in [1.29, 1.82) is 0 Å². The molecule has 0 radical (unpaired) electrons. The molecule has 76 valence electrons. The van der Waals surface area contributed by atoms with Crippen LogP contribution in [0.5, 0.6) is 0 Å². The summed E-state index contributed by atoms with van der Waals surface area (Å²) < 4.78 is 13.3. The lowest BCUT2D eigenvalue weighted by molar-refractivity contribution is 0.0955. The third-order valence-electron chi connectivity index (χ3n) is 2.20. The van der Waals surface area contributed by atoms with Crippen LogP contribution in [0, 0.1) is 19.7 Å². The largest absolute Gasteiger partial charge is 0.352 e. The Hall–Kier alpha value is -1.38. The van der Waals surface area contributed by atoms with E-state index in [1.807, 2.05) is 6.92 Å². The molecule has 1 rings (SSSR count). The monoisotopic (exact) mass is 195 g/mol. The van der Waals surface area contributed by atoms with Gasteiger partial charge in [-0.25, -0.2) is 4.39 Å². The van der Waals surface area contributed by atoms with Gasteiger partial charge in [0.1, 0.15) is 5.82 Å². The lowest BCUT2D eigenvalue weighted by Gasteiger charge is -2.06. The summed E-state index contributed by atoms with van der Waals surface area (Å²) in [5.74, 6) is -0.555. The molecule has 0 saturated heterocycles. The Morgan fingerprint density at radius 2 is 2.07 bits per heavy atom. The lowest BCUT2D eigenvalue weighted by atomic mass is 10.1. The molecule has 0 unspecified atom stereocenters. The number of hydrogen-bond donors (Lipinski definition) is 1. The summed E-state index contributed by atoms with van der Waals surface area (Å²) in [6.45, 7) is 5.87. The second-order valence-electron chi connectivity index (χ2n) is 3.26. The van der Waals surface area contributed by atoms with E-state index in [0.717, 1.165) is 5.56 Å². The van der Waals surface area contributed by atoms with E-state index in [2.05, 4.69) is 5.32 Å². The SMILES string of the molecule is CCNC(=O)c1cc(C)c(C)c(F)c1. The minimum Gasteiger partial charge on any atom is -0.352 e. The number of rotatable bonds is 2. The highest BCUT2D eigenvalue weighted by molar-refractivity contribution is 5.94. The molecule has 2 nitrogen and oxygen atoms in total. The van der Waals surface area contributed by atoms with Crippen LogP contribution in [0.1, 0.15) is 28.4 Å². The van der Waals surface area contributed by atoms with Gasteiger partial charge in [-0.1, -0.05) is 0 Å². The van der Waals surface area contributed by atoms with E-state index in [-0.39, 0.29) is 11.7 Å². The topological polar surface area (TPSA) is 29.1 Å². The zero-order chi connectivity index (χ0) is 10.7. The van der Waals surface area contributed by atoms with Gasteiger partial charge in [-0.05, 0) is 44.0 Å². The maximum absolute atomic E-state index is 13.3. The fourth-order valence-corrected chi connectivity index (χ4v) is 1.21. The van der Waals surface area contributed by atoms with Gasteiger partial charge in [0.2, 0.25) is 0 Å². The number of nitrogens with one attached hydrogen (secondary N) is 1. The molecule has 0 fully saturated rings. The highest BCUT2D eigenvalue weighted by atomic mass is 19.1. The van der Waals surface area contributed by atoms with E-state index in [4.69, 9.17) is 0 Å². The Balaban J connectivity index is 3.06. The molecule has 14 heavy (non-hydrogen) atoms. The molecule has 0 saturated carbocycles. The van der Waals surface area contributed by atoms with Gasteiger partial charge >= 0.3 is 0 Å². The van der Waals surface area contributed by atoms with Crippen molar-refractivity contribution in [2.24, 2.45) is 0 Å². The number of carbonyl (C=O) groups excluding carboxylic acids is 1. The summed E-state index contributed by atoms with van der Waals surface area (Å²) in [6.07, 6.45) is 0. The van der Waals surface area contributed by atoms with Crippen LogP contribution in [0.15, 0.2) is 12.1 Å². The molecule has 0 aliphatic rings. The number of amides is 1. The first kappa shape index (κ1) is 10.7. The number of carbonyl (C=O) groups is 1. The van der Waals surface area contributed by atoms with Crippen LogP contribution in [-0.2, 0) is 0 Å². The first-order chi connectivity index (χ1) is 6.56. The molecule has 1 aromatic rings. The zero-order valence-electron chi connectivity index (χ0n) is 8.65. The maximum atomic E-state index is 13.3. The fraction of sp³-hybridized carbons (Fsp3) is 0.364. The van der Waals surface area contributed by atoms with E-state index in [1.165, 1.54) is 6.07 Å². The first-order valence-corrected chi connectivity index (χ1v) is 4.61. The second-order valence-corrected chi connectivity index (χ2v) is 3.26. The van der Waals surface area contributed by atoms with Crippen molar-refractivity contribution in [2.75, 3.05) is 6.54 Å². The van der Waals surface area contributed by atoms with Crippen LogP contribution < -0.4 is 5.32 Å². The van der Waals surface area contributed by atoms with Gasteiger partial charge in [-0.15, -0.1) is 0 Å². The van der Waals surface area contributed by atoms with Gasteiger partial charge < -0.3 is 5.32 Å². The third kappa shape index (κ3) is 2.10.